The van der Waals surface area contributed by atoms with E-state index in [0.29, 0.717) is 0 Å². The number of anilines is 1. The third kappa shape index (κ3) is 3.88. The highest BCUT2D eigenvalue weighted by atomic mass is 19.3. The van der Waals surface area contributed by atoms with Gasteiger partial charge in [-0.2, -0.15) is 10.4 Å². The highest BCUT2D eigenvalue weighted by molar-refractivity contribution is 5.62. The van der Waals surface area contributed by atoms with Gasteiger partial charge in [0.15, 0.2) is 11.8 Å². The zero-order valence-electron chi connectivity index (χ0n) is 15.4. The van der Waals surface area contributed by atoms with Gasteiger partial charge < -0.3 is 14.6 Å². The lowest BCUT2D eigenvalue weighted by atomic mass is 10.2. The lowest BCUT2D eigenvalue weighted by molar-refractivity contribution is -0.0611. The number of ether oxygens (including phenoxy) is 1. The maximum absolute atomic E-state index is 14.5. The minimum absolute atomic E-state index is 0.000233. The fraction of sp³-hybridized carbons (Fsp3) is 0.235. The summed E-state index contributed by atoms with van der Waals surface area (Å²) in [4.78, 5) is 40.7. The first-order valence-electron chi connectivity index (χ1n) is 8.72. The molecular formula is C17H12F2N8O4. The third-order valence-corrected chi connectivity index (χ3v) is 4.50. The predicted octanol–water partition coefficient (Wildman–Crippen LogP) is -0.622. The second-order valence-electron chi connectivity index (χ2n) is 6.57. The van der Waals surface area contributed by atoms with Crippen LogP contribution in [0.1, 0.15) is 5.69 Å². The zero-order chi connectivity index (χ0) is 22.2. The minimum Gasteiger partial charge on any atom is -0.465 e. The molecule has 3 aromatic heterocycles. The SMILES string of the molecule is N#Cc1ccc(OC2CN(c3cc(-c4c[nH]c(=O)[nH]c4=O)n[nH]c3=O)CC2(F)F)nn1. The average Bonchev–Trinajstić information content (AvgIpc) is 3.03. The maximum atomic E-state index is 14.5. The molecule has 0 spiro atoms. The number of nitriles is 1. The summed E-state index contributed by atoms with van der Waals surface area (Å²) in [7, 11) is 0. The van der Waals surface area contributed by atoms with E-state index in [2.05, 4.69) is 25.4 Å². The Morgan fingerprint density at radius 2 is 2.03 bits per heavy atom. The fourth-order valence-corrected chi connectivity index (χ4v) is 3.02. The summed E-state index contributed by atoms with van der Waals surface area (Å²) >= 11 is 0. The molecule has 3 N–H and O–H groups in total. The van der Waals surface area contributed by atoms with Crippen LogP contribution in [0, 0.1) is 11.3 Å². The molecule has 31 heavy (non-hydrogen) atoms. The topological polar surface area (TPSA) is 174 Å². The van der Waals surface area contributed by atoms with Crippen molar-refractivity contribution in [1.82, 2.24) is 30.4 Å². The molecule has 0 aromatic carbocycles. The van der Waals surface area contributed by atoms with Crippen molar-refractivity contribution in [3.63, 3.8) is 0 Å². The molecule has 1 unspecified atom stereocenters. The van der Waals surface area contributed by atoms with E-state index in [-0.39, 0.29) is 35.1 Å². The van der Waals surface area contributed by atoms with E-state index in [9.17, 15) is 23.2 Å². The van der Waals surface area contributed by atoms with Crippen LogP contribution < -0.4 is 26.4 Å². The molecule has 1 fully saturated rings. The number of aromatic amines is 3. The highest BCUT2D eigenvalue weighted by Crippen LogP contribution is 2.33. The smallest absolute Gasteiger partial charge is 0.325 e. The molecule has 4 rings (SSSR count). The molecule has 0 amide bonds. The van der Waals surface area contributed by atoms with Crippen LogP contribution in [0.3, 0.4) is 0 Å². The van der Waals surface area contributed by atoms with Crippen molar-refractivity contribution in [2.75, 3.05) is 18.0 Å². The molecule has 0 aliphatic carbocycles. The number of halogens is 2. The minimum atomic E-state index is -3.35. The van der Waals surface area contributed by atoms with Crippen LogP contribution >= 0.6 is 0 Å². The summed E-state index contributed by atoms with van der Waals surface area (Å²) < 4.78 is 34.3. The van der Waals surface area contributed by atoms with E-state index in [4.69, 9.17) is 10.00 Å². The van der Waals surface area contributed by atoms with E-state index in [0.717, 1.165) is 11.1 Å². The monoisotopic (exact) mass is 430 g/mol. The number of hydrogen-bond donors (Lipinski definition) is 3. The normalized spacial score (nSPS) is 17.3. The van der Waals surface area contributed by atoms with Gasteiger partial charge in [-0.05, 0) is 12.1 Å². The fourth-order valence-electron chi connectivity index (χ4n) is 3.02. The van der Waals surface area contributed by atoms with Gasteiger partial charge in [0.25, 0.3) is 11.1 Å². The first-order chi connectivity index (χ1) is 14.8. The van der Waals surface area contributed by atoms with Gasteiger partial charge >= 0.3 is 11.6 Å². The molecule has 1 atom stereocenters. The Labute approximate surface area is 170 Å². The second-order valence-corrected chi connectivity index (χ2v) is 6.57. The van der Waals surface area contributed by atoms with Crippen LogP contribution in [-0.4, -0.2) is 55.5 Å². The van der Waals surface area contributed by atoms with Gasteiger partial charge in [0, 0.05) is 12.3 Å². The third-order valence-electron chi connectivity index (χ3n) is 4.50. The van der Waals surface area contributed by atoms with Gasteiger partial charge in [0.1, 0.15) is 11.8 Å². The van der Waals surface area contributed by atoms with E-state index >= 15 is 0 Å². The van der Waals surface area contributed by atoms with Gasteiger partial charge in [-0.3, -0.25) is 14.6 Å². The van der Waals surface area contributed by atoms with Gasteiger partial charge in [-0.1, -0.05) is 0 Å². The predicted molar refractivity (Wildman–Crippen MR) is 99.9 cm³/mol. The quantitative estimate of drug-likeness (QED) is 0.487. The van der Waals surface area contributed by atoms with Crippen molar-refractivity contribution in [1.29, 1.82) is 5.26 Å². The Morgan fingerprint density at radius 1 is 1.23 bits per heavy atom. The van der Waals surface area contributed by atoms with E-state index in [1.54, 1.807) is 6.07 Å². The number of nitrogens with zero attached hydrogens (tertiary/aromatic N) is 5. The molecule has 0 saturated carbocycles. The van der Waals surface area contributed by atoms with Crippen LogP contribution in [0.4, 0.5) is 14.5 Å². The largest absolute Gasteiger partial charge is 0.465 e. The lowest BCUT2D eigenvalue weighted by Crippen LogP contribution is -2.36. The van der Waals surface area contributed by atoms with Gasteiger partial charge in [0.05, 0.1) is 24.3 Å². The summed E-state index contributed by atoms with van der Waals surface area (Å²) in [6.45, 7) is -1.21. The number of aromatic nitrogens is 6. The Bertz CT molecular complexity index is 1340. The number of H-pyrrole nitrogens is 3. The van der Waals surface area contributed by atoms with E-state index < -0.39 is 35.4 Å². The van der Waals surface area contributed by atoms with Crippen LogP contribution in [0.15, 0.2) is 38.8 Å². The first-order valence-corrected chi connectivity index (χ1v) is 8.72. The van der Waals surface area contributed by atoms with Crippen LogP contribution in [0.25, 0.3) is 11.3 Å². The molecule has 158 valence electrons. The molecule has 1 aliphatic heterocycles. The molecular weight excluding hydrogens is 418 g/mol. The summed E-state index contributed by atoms with van der Waals surface area (Å²) in [5.74, 6) is -3.55. The Hall–Kier alpha value is -4.41. The molecule has 1 saturated heterocycles. The molecule has 3 aromatic rings. The maximum Gasteiger partial charge on any atom is 0.325 e. The van der Waals surface area contributed by atoms with Gasteiger partial charge in [0.2, 0.25) is 5.88 Å². The molecule has 4 heterocycles. The first kappa shape index (κ1) is 19.9. The molecule has 0 bridgehead atoms. The van der Waals surface area contributed by atoms with Crippen molar-refractivity contribution in [2.24, 2.45) is 0 Å². The van der Waals surface area contributed by atoms with Gasteiger partial charge in [-0.15, -0.1) is 10.2 Å². The second kappa shape index (κ2) is 7.44. The summed E-state index contributed by atoms with van der Waals surface area (Å²) in [6, 6.07) is 5.43. The standard InChI is InChI=1S/C17H12F2N8O4/c18-17(19)7-27(6-12(17)31-13-2-1-8(4-20)23-25-13)11-3-10(24-26-15(11)29)9-5-21-16(30)22-14(9)28/h1-3,5,12H,6-7H2,(H,26,29)(H2,21,22,28,30). The lowest BCUT2D eigenvalue weighted by Gasteiger charge is -2.17. The van der Waals surface area contributed by atoms with Crippen molar-refractivity contribution in [3.8, 4) is 23.2 Å². The number of rotatable bonds is 4. The molecule has 1 aliphatic rings. The number of hydrogen-bond acceptors (Lipinski definition) is 9. The Kier molecular flexibility index (Phi) is 4.78. The number of nitrogens with one attached hydrogen (secondary N) is 3. The van der Waals surface area contributed by atoms with E-state index in [1.165, 1.54) is 18.2 Å². The van der Waals surface area contributed by atoms with Crippen molar-refractivity contribution < 1.29 is 13.5 Å². The van der Waals surface area contributed by atoms with Crippen molar-refractivity contribution in [3.05, 3.63) is 61.3 Å². The van der Waals surface area contributed by atoms with Crippen molar-refractivity contribution in [2.45, 2.75) is 12.0 Å². The van der Waals surface area contributed by atoms with E-state index in [1.807, 2.05) is 4.98 Å². The Morgan fingerprint density at radius 3 is 2.71 bits per heavy atom. The highest BCUT2D eigenvalue weighted by Gasteiger charge is 2.51. The molecule has 14 heteroatoms. The van der Waals surface area contributed by atoms with Gasteiger partial charge in [-0.25, -0.2) is 18.7 Å². The van der Waals surface area contributed by atoms with Crippen molar-refractivity contribution >= 4 is 5.69 Å². The zero-order valence-corrected chi connectivity index (χ0v) is 15.4. The summed E-state index contributed by atoms with van der Waals surface area (Å²) in [5, 5.41) is 21.7. The Balaban J connectivity index is 1.62. The van der Waals surface area contributed by atoms with Crippen LogP contribution in [0.2, 0.25) is 0 Å². The molecule has 12 nitrogen and oxygen atoms in total. The number of alkyl halides is 2. The summed E-state index contributed by atoms with van der Waals surface area (Å²) in [5.41, 5.74) is -2.50. The van der Waals surface area contributed by atoms with Crippen LogP contribution in [-0.2, 0) is 0 Å². The summed E-state index contributed by atoms with van der Waals surface area (Å²) in [6.07, 6.45) is -0.554. The molecule has 0 radical (unpaired) electrons. The average molecular weight is 430 g/mol. The van der Waals surface area contributed by atoms with Crippen LogP contribution in [0.5, 0.6) is 5.88 Å².